The Kier molecular flexibility index (Phi) is 6.18. The van der Waals surface area contributed by atoms with Crippen LogP contribution >= 0.6 is 0 Å². The number of amides is 3. The van der Waals surface area contributed by atoms with Gasteiger partial charge in [0.2, 0.25) is 11.8 Å². The third kappa shape index (κ3) is 4.54. The molecule has 0 aromatic heterocycles. The molecule has 2 aromatic carbocycles. The van der Waals surface area contributed by atoms with Crippen molar-refractivity contribution < 1.29 is 23.9 Å². The van der Waals surface area contributed by atoms with Crippen LogP contribution in [0.15, 0.2) is 42.5 Å². The van der Waals surface area contributed by atoms with Gasteiger partial charge in [0.1, 0.15) is 11.8 Å². The van der Waals surface area contributed by atoms with Crippen LogP contribution in [0.1, 0.15) is 40.7 Å². The Morgan fingerprint density at radius 1 is 1.06 bits per heavy atom. The summed E-state index contributed by atoms with van der Waals surface area (Å²) in [5, 5.41) is 2.30. The summed E-state index contributed by atoms with van der Waals surface area (Å²) in [6, 6.07) is 12.6. The largest absolute Gasteiger partial charge is 0.491 e. The number of hydrogen-bond donors (Lipinski definition) is 2. The Morgan fingerprint density at radius 3 is 2.65 bits per heavy atom. The number of nitrogens with one attached hydrogen (secondary N) is 1. The summed E-state index contributed by atoms with van der Waals surface area (Å²) < 4.78 is 11.6. The van der Waals surface area contributed by atoms with Crippen LogP contribution in [0.4, 0.5) is 5.69 Å². The molecule has 1 saturated heterocycles. The molecular weight excluding hydrogens is 398 g/mol. The first-order valence-corrected chi connectivity index (χ1v) is 10.3. The number of nitrogens with two attached hydrogens (primary N) is 1. The molecule has 3 N–H and O–H groups in total. The molecule has 1 unspecified atom stereocenters. The zero-order valence-electron chi connectivity index (χ0n) is 17.1. The molecule has 2 aliphatic rings. The molecule has 162 valence electrons. The molecule has 0 radical (unpaired) electrons. The van der Waals surface area contributed by atoms with Crippen LogP contribution in [0.5, 0.6) is 5.75 Å². The van der Waals surface area contributed by atoms with Gasteiger partial charge in [-0.2, -0.15) is 0 Å². The van der Waals surface area contributed by atoms with Gasteiger partial charge in [-0.25, -0.2) is 0 Å². The van der Waals surface area contributed by atoms with Crippen LogP contribution in [-0.2, 0) is 27.5 Å². The molecule has 0 saturated carbocycles. The van der Waals surface area contributed by atoms with Crippen molar-refractivity contribution in [2.45, 2.75) is 38.5 Å². The highest BCUT2D eigenvalue weighted by Gasteiger charge is 2.40. The zero-order valence-corrected chi connectivity index (χ0v) is 17.1. The van der Waals surface area contributed by atoms with E-state index in [-0.39, 0.29) is 24.8 Å². The van der Waals surface area contributed by atoms with Gasteiger partial charge in [-0.05, 0) is 24.1 Å². The number of hydrogen-bond acceptors (Lipinski definition) is 6. The lowest BCUT2D eigenvalue weighted by molar-refractivity contribution is -0.136. The molecule has 8 nitrogen and oxygen atoms in total. The fraction of sp³-hybridized carbons (Fsp3) is 0.348. The van der Waals surface area contributed by atoms with Gasteiger partial charge in [0.05, 0.1) is 32.1 Å². The minimum absolute atomic E-state index is 0.213. The maximum Gasteiger partial charge on any atom is 0.255 e. The predicted octanol–water partition coefficient (Wildman–Crippen LogP) is 2.02. The second-order valence-corrected chi connectivity index (χ2v) is 7.65. The number of nitrogen functional groups attached to an aromatic ring is 1. The van der Waals surface area contributed by atoms with Gasteiger partial charge >= 0.3 is 0 Å². The van der Waals surface area contributed by atoms with Crippen LogP contribution in [0.2, 0.25) is 0 Å². The van der Waals surface area contributed by atoms with E-state index in [1.165, 1.54) is 4.90 Å². The molecule has 1 fully saturated rings. The van der Waals surface area contributed by atoms with Crippen molar-refractivity contribution in [2.24, 2.45) is 0 Å². The molecule has 31 heavy (non-hydrogen) atoms. The minimum atomic E-state index is -0.668. The lowest BCUT2D eigenvalue weighted by atomic mass is 10.0. The number of imide groups is 1. The number of anilines is 1. The molecule has 3 amide bonds. The SMILES string of the molecule is Nc1ccc2c(c1OCCCOCc1ccccc1)CN(C1CCC(=O)NC1=O)C2=O. The average molecular weight is 423 g/mol. The molecule has 0 spiro atoms. The van der Waals surface area contributed by atoms with E-state index in [1.807, 2.05) is 30.3 Å². The fourth-order valence-corrected chi connectivity index (χ4v) is 3.90. The highest BCUT2D eigenvalue weighted by Crippen LogP contribution is 2.37. The Labute approximate surface area is 180 Å². The maximum absolute atomic E-state index is 12.9. The minimum Gasteiger partial charge on any atom is -0.491 e. The van der Waals surface area contributed by atoms with Gasteiger partial charge in [0.25, 0.3) is 5.91 Å². The van der Waals surface area contributed by atoms with Crippen molar-refractivity contribution in [1.82, 2.24) is 10.2 Å². The first kappa shape index (κ1) is 20.9. The Balaban J connectivity index is 1.35. The Morgan fingerprint density at radius 2 is 1.87 bits per heavy atom. The van der Waals surface area contributed by atoms with E-state index in [0.717, 1.165) is 5.56 Å². The molecule has 2 heterocycles. The summed E-state index contributed by atoms with van der Waals surface area (Å²) in [6.07, 6.45) is 1.20. The first-order chi connectivity index (χ1) is 15.0. The molecule has 2 aromatic rings. The van der Waals surface area contributed by atoms with E-state index in [9.17, 15) is 14.4 Å². The van der Waals surface area contributed by atoms with E-state index < -0.39 is 11.9 Å². The van der Waals surface area contributed by atoms with Crippen molar-refractivity contribution >= 4 is 23.4 Å². The summed E-state index contributed by atoms with van der Waals surface area (Å²) in [6.45, 7) is 1.69. The molecular formula is C23H25N3O5. The number of carbonyl (C=O) groups is 3. The van der Waals surface area contributed by atoms with E-state index in [1.54, 1.807) is 12.1 Å². The van der Waals surface area contributed by atoms with Crippen LogP contribution in [0.3, 0.4) is 0 Å². The van der Waals surface area contributed by atoms with E-state index >= 15 is 0 Å². The van der Waals surface area contributed by atoms with Crippen LogP contribution in [0, 0.1) is 0 Å². The van der Waals surface area contributed by atoms with Crippen molar-refractivity contribution in [2.75, 3.05) is 18.9 Å². The number of fused-ring (bicyclic) bond motifs is 1. The quantitative estimate of drug-likeness (QED) is 0.382. The number of rotatable bonds is 8. The van der Waals surface area contributed by atoms with Gasteiger partial charge in [-0.15, -0.1) is 0 Å². The van der Waals surface area contributed by atoms with E-state index in [0.29, 0.717) is 55.2 Å². The van der Waals surface area contributed by atoms with E-state index in [4.69, 9.17) is 15.2 Å². The van der Waals surface area contributed by atoms with Crippen LogP contribution in [-0.4, -0.2) is 41.9 Å². The van der Waals surface area contributed by atoms with Crippen molar-refractivity contribution in [3.05, 3.63) is 59.2 Å². The first-order valence-electron chi connectivity index (χ1n) is 10.3. The molecule has 8 heteroatoms. The van der Waals surface area contributed by atoms with Gasteiger partial charge in [0, 0.05) is 24.0 Å². The van der Waals surface area contributed by atoms with Crippen molar-refractivity contribution in [3.63, 3.8) is 0 Å². The highest BCUT2D eigenvalue weighted by molar-refractivity contribution is 6.06. The van der Waals surface area contributed by atoms with Gasteiger partial charge in [-0.3, -0.25) is 19.7 Å². The van der Waals surface area contributed by atoms with Crippen LogP contribution in [0.25, 0.3) is 0 Å². The van der Waals surface area contributed by atoms with Gasteiger partial charge in [0.15, 0.2) is 0 Å². The van der Waals surface area contributed by atoms with Gasteiger partial charge in [-0.1, -0.05) is 30.3 Å². The Bertz CT molecular complexity index is 992. The average Bonchev–Trinajstić information content (AvgIpc) is 3.09. The smallest absolute Gasteiger partial charge is 0.255 e. The standard InChI is InChI=1S/C23H25N3O5/c24-18-8-7-16-17(13-26(23(16)29)19-9-10-20(27)25-22(19)28)21(18)31-12-4-11-30-14-15-5-2-1-3-6-15/h1-3,5-8,19H,4,9-14,24H2,(H,25,27,28). The van der Waals surface area contributed by atoms with Crippen molar-refractivity contribution in [3.8, 4) is 5.75 Å². The van der Waals surface area contributed by atoms with E-state index in [2.05, 4.69) is 5.32 Å². The van der Waals surface area contributed by atoms with Crippen molar-refractivity contribution in [1.29, 1.82) is 0 Å². The molecule has 1 atom stereocenters. The predicted molar refractivity (Wildman–Crippen MR) is 113 cm³/mol. The molecule has 4 rings (SSSR count). The molecule has 0 bridgehead atoms. The summed E-state index contributed by atoms with van der Waals surface area (Å²) in [5.74, 6) is -0.527. The summed E-state index contributed by atoms with van der Waals surface area (Å²) >= 11 is 0. The van der Waals surface area contributed by atoms with Gasteiger partial charge < -0.3 is 20.1 Å². The number of carbonyl (C=O) groups excluding carboxylic acids is 3. The zero-order chi connectivity index (χ0) is 21.8. The van der Waals surface area contributed by atoms with Crippen LogP contribution < -0.4 is 15.8 Å². The number of benzene rings is 2. The number of ether oxygens (including phenoxy) is 2. The summed E-state index contributed by atoms with van der Waals surface area (Å²) in [4.78, 5) is 38.0. The Hall–Kier alpha value is -3.39. The molecule has 0 aliphatic carbocycles. The second kappa shape index (κ2) is 9.18. The summed E-state index contributed by atoms with van der Waals surface area (Å²) in [5.41, 5.74) is 8.83. The second-order valence-electron chi connectivity index (χ2n) is 7.65. The third-order valence-corrected chi connectivity index (χ3v) is 5.49. The number of piperidine rings is 1. The lowest BCUT2D eigenvalue weighted by Crippen LogP contribution is -2.52. The summed E-state index contributed by atoms with van der Waals surface area (Å²) in [7, 11) is 0. The maximum atomic E-state index is 12.9. The normalized spacial score (nSPS) is 18.1. The lowest BCUT2D eigenvalue weighted by Gasteiger charge is -2.29. The molecule has 2 aliphatic heterocycles. The number of nitrogens with zero attached hydrogens (tertiary/aromatic N) is 1. The topological polar surface area (TPSA) is 111 Å². The fourth-order valence-electron chi connectivity index (χ4n) is 3.90. The third-order valence-electron chi connectivity index (χ3n) is 5.49. The highest BCUT2D eigenvalue weighted by atomic mass is 16.5. The monoisotopic (exact) mass is 423 g/mol.